The van der Waals surface area contributed by atoms with E-state index >= 15 is 0 Å². The van der Waals surface area contributed by atoms with Gasteiger partial charge in [0.05, 0.1) is 0 Å². The van der Waals surface area contributed by atoms with Crippen LogP contribution >= 0.6 is 0 Å². The van der Waals surface area contributed by atoms with Crippen molar-refractivity contribution in [3.63, 3.8) is 0 Å². The minimum atomic E-state index is 0.773. The zero-order valence-corrected chi connectivity index (χ0v) is 10.5. The Morgan fingerprint density at radius 1 is 1.06 bits per heavy atom. The van der Waals surface area contributed by atoms with Crippen LogP contribution in [0.5, 0.6) is 0 Å². The predicted molar refractivity (Wildman–Crippen MR) is 76.7 cm³/mol. The molecule has 0 saturated carbocycles. The van der Waals surface area contributed by atoms with E-state index in [1.54, 1.807) is 0 Å². The molecule has 4 rings (SSSR count). The summed E-state index contributed by atoms with van der Waals surface area (Å²) in [6.07, 6.45) is 10.9. The fourth-order valence-electron chi connectivity index (χ4n) is 2.65. The Morgan fingerprint density at radius 3 is 2.89 bits per heavy atom. The second-order valence-electron chi connectivity index (χ2n) is 4.99. The molecule has 2 unspecified atom stereocenters. The van der Waals surface area contributed by atoms with E-state index in [1.807, 2.05) is 6.21 Å². The van der Waals surface area contributed by atoms with Crippen LogP contribution in [0.15, 0.2) is 46.4 Å². The molecule has 2 heteroatoms. The van der Waals surface area contributed by atoms with E-state index in [-0.39, 0.29) is 0 Å². The molecule has 3 aliphatic rings. The fourth-order valence-corrected chi connectivity index (χ4v) is 2.65. The largest absolute Gasteiger partial charge is 0.297 e. The second-order valence-corrected chi connectivity index (χ2v) is 4.99. The maximum Gasteiger partial charge on any atom is 0.0454 e. The lowest BCUT2D eigenvalue weighted by Crippen LogP contribution is -2.03. The van der Waals surface area contributed by atoms with Crippen LogP contribution in [0.1, 0.15) is 17.5 Å². The van der Waals surface area contributed by atoms with Crippen LogP contribution in [0, 0.1) is 11.8 Å². The molecule has 1 aromatic carbocycles. The molecule has 0 saturated heterocycles. The van der Waals surface area contributed by atoms with Crippen LogP contribution in [0.4, 0.5) is 0 Å². The normalized spacial score (nSPS) is 26.4. The highest BCUT2D eigenvalue weighted by Gasteiger charge is 2.23. The average Bonchev–Trinajstić information content (AvgIpc) is 3.03. The number of allylic oxidation sites excluding steroid dienone is 1. The lowest BCUT2D eigenvalue weighted by molar-refractivity contribution is 0.598. The number of hydrogen-bond acceptors (Lipinski definition) is 2. The van der Waals surface area contributed by atoms with Gasteiger partial charge >= 0.3 is 0 Å². The number of nitrogens with zero attached hydrogens (tertiary/aromatic N) is 2. The molecule has 2 atom stereocenters. The summed E-state index contributed by atoms with van der Waals surface area (Å²) in [5, 5.41) is 0. The minimum absolute atomic E-state index is 0.773. The number of rotatable bonds is 0. The highest BCUT2D eigenvalue weighted by molar-refractivity contribution is 5.82. The van der Waals surface area contributed by atoms with Gasteiger partial charge in [-0.1, -0.05) is 36.4 Å². The first-order valence-electron chi connectivity index (χ1n) is 6.68. The van der Waals surface area contributed by atoms with Crippen molar-refractivity contribution in [3.05, 3.63) is 47.5 Å². The number of aliphatic imine (C=N–C) groups is 2. The molecule has 2 heterocycles. The SMILES string of the molecule is C1=CC2CN=CC2C1.C1=NCCc2ccccc21. The topological polar surface area (TPSA) is 24.7 Å². The van der Waals surface area contributed by atoms with Crippen LogP contribution in [-0.4, -0.2) is 25.5 Å². The van der Waals surface area contributed by atoms with Crippen LogP contribution in [0.3, 0.4) is 0 Å². The van der Waals surface area contributed by atoms with Crippen molar-refractivity contribution >= 4 is 12.4 Å². The smallest absolute Gasteiger partial charge is 0.0454 e. The fraction of sp³-hybridized carbons (Fsp3) is 0.375. The van der Waals surface area contributed by atoms with Gasteiger partial charge in [0, 0.05) is 37.4 Å². The quantitative estimate of drug-likeness (QED) is 0.621. The summed E-state index contributed by atoms with van der Waals surface area (Å²) in [7, 11) is 0. The Bertz CT molecular complexity index is 482. The third kappa shape index (κ3) is 2.42. The molecule has 0 bridgehead atoms. The highest BCUT2D eigenvalue weighted by Crippen LogP contribution is 2.27. The first-order chi connectivity index (χ1) is 8.93. The molecule has 0 fully saturated rings. The summed E-state index contributed by atoms with van der Waals surface area (Å²) < 4.78 is 0. The van der Waals surface area contributed by atoms with Crippen LogP contribution in [-0.2, 0) is 6.42 Å². The highest BCUT2D eigenvalue weighted by atomic mass is 14.8. The predicted octanol–water partition coefficient (Wildman–Crippen LogP) is 2.92. The Hall–Kier alpha value is -1.70. The second kappa shape index (κ2) is 5.30. The van der Waals surface area contributed by atoms with E-state index in [0.717, 1.165) is 31.3 Å². The summed E-state index contributed by atoms with van der Waals surface area (Å²) in [6.45, 7) is 2.00. The van der Waals surface area contributed by atoms with Crippen molar-refractivity contribution in [3.8, 4) is 0 Å². The van der Waals surface area contributed by atoms with Crippen LogP contribution < -0.4 is 0 Å². The van der Waals surface area contributed by atoms with E-state index in [4.69, 9.17) is 0 Å². The van der Waals surface area contributed by atoms with Gasteiger partial charge < -0.3 is 0 Å². The zero-order chi connectivity index (χ0) is 12.2. The molecule has 0 aromatic heterocycles. The maximum atomic E-state index is 4.19. The van der Waals surface area contributed by atoms with Gasteiger partial charge in [-0.05, 0) is 24.0 Å². The van der Waals surface area contributed by atoms with E-state index in [9.17, 15) is 0 Å². The van der Waals surface area contributed by atoms with Gasteiger partial charge in [0.15, 0.2) is 0 Å². The molecule has 1 aliphatic carbocycles. The summed E-state index contributed by atoms with van der Waals surface area (Å²) >= 11 is 0. The molecular formula is C16H18N2. The van der Waals surface area contributed by atoms with Gasteiger partial charge in [-0.15, -0.1) is 0 Å². The standard InChI is InChI=1S/C9H9N.C7H9N/c1-2-4-9-7-10-6-5-8(9)3-1;1-2-6-4-8-5-7(6)3-1/h1-4,7H,5-6H2;1-2,5-7H,3-4H2. The van der Waals surface area contributed by atoms with Gasteiger partial charge in [0.25, 0.3) is 0 Å². The third-order valence-corrected chi connectivity index (χ3v) is 3.75. The molecule has 18 heavy (non-hydrogen) atoms. The van der Waals surface area contributed by atoms with Crippen molar-refractivity contribution in [2.75, 3.05) is 13.1 Å². The van der Waals surface area contributed by atoms with Gasteiger partial charge in [0.2, 0.25) is 0 Å². The molecule has 0 amide bonds. The number of benzene rings is 1. The molecule has 92 valence electrons. The van der Waals surface area contributed by atoms with Crippen molar-refractivity contribution in [2.45, 2.75) is 12.8 Å². The van der Waals surface area contributed by atoms with Crippen molar-refractivity contribution in [2.24, 2.45) is 21.8 Å². The summed E-state index contributed by atoms with van der Waals surface area (Å²) in [4.78, 5) is 8.39. The van der Waals surface area contributed by atoms with Crippen molar-refractivity contribution in [1.82, 2.24) is 0 Å². The van der Waals surface area contributed by atoms with E-state index in [1.165, 1.54) is 17.5 Å². The van der Waals surface area contributed by atoms with Crippen molar-refractivity contribution < 1.29 is 0 Å². The van der Waals surface area contributed by atoms with Gasteiger partial charge in [-0.3, -0.25) is 9.98 Å². The lowest BCUT2D eigenvalue weighted by atomic mass is 10.0. The molecule has 2 nitrogen and oxygen atoms in total. The van der Waals surface area contributed by atoms with Gasteiger partial charge in [-0.2, -0.15) is 0 Å². The first kappa shape index (κ1) is 11.4. The van der Waals surface area contributed by atoms with Crippen molar-refractivity contribution in [1.29, 1.82) is 0 Å². The molecule has 0 N–H and O–H groups in total. The summed E-state index contributed by atoms with van der Waals surface area (Å²) in [6, 6.07) is 8.41. The summed E-state index contributed by atoms with van der Waals surface area (Å²) in [5.41, 5.74) is 2.71. The van der Waals surface area contributed by atoms with Crippen LogP contribution in [0.25, 0.3) is 0 Å². The maximum absolute atomic E-state index is 4.19. The molecule has 1 aromatic rings. The Labute approximate surface area is 108 Å². The van der Waals surface area contributed by atoms with Crippen LogP contribution in [0.2, 0.25) is 0 Å². The van der Waals surface area contributed by atoms with Gasteiger partial charge in [0.1, 0.15) is 0 Å². The average molecular weight is 238 g/mol. The number of fused-ring (bicyclic) bond motifs is 2. The lowest BCUT2D eigenvalue weighted by Gasteiger charge is -2.07. The molecular weight excluding hydrogens is 220 g/mol. The Morgan fingerprint density at radius 2 is 2.00 bits per heavy atom. The van der Waals surface area contributed by atoms with E-state index < -0.39 is 0 Å². The molecule has 2 aliphatic heterocycles. The Balaban J connectivity index is 0.000000114. The third-order valence-electron chi connectivity index (χ3n) is 3.75. The monoisotopic (exact) mass is 238 g/mol. The minimum Gasteiger partial charge on any atom is -0.297 e. The van der Waals surface area contributed by atoms with Gasteiger partial charge in [-0.25, -0.2) is 0 Å². The Kier molecular flexibility index (Phi) is 3.35. The zero-order valence-electron chi connectivity index (χ0n) is 10.5. The summed E-state index contributed by atoms with van der Waals surface area (Å²) in [5.74, 6) is 1.55. The van der Waals surface area contributed by atoms with E-state index in [0.29, 0.717) is 0 Å². The first-order valence-corrected chi connectivity index (χ1v) is 6.68. The number of hydrogen-bond donors (Lipinski definition) is 0. The molecule has 0 spiro atoms. The van der Waals surface area contributed by atoms with E-state index in [2.05, 4.69) is 52.6 Å². The molecule has 0 radical (unpaired) electrons.